The van der Waals surface area contributed by atoms with Crippen LogP contribution in [0.2, 0.25) is 0 Å². The van der Waals surface area contributed by atoms with E-state index < -0.39 is 5.97 Å². The summed E-state index contributed by atoms with van der Waals surface area (Å²) in [6.07, 6.45) is 2.15. The van der Waals surface area contributed by atoms with Crippen LogP contribution in [0.5, 0.6) is 0 Å². The highest BCUT2D eigenvalue weighted by molar-refractivity contribution is 5.72. The van der Waals surface area contributed by atoms with Gasteiger partial charge in [0.2, 0.25) is 0 Å². The first-order valence-electron chi connectivity index (χ1n) is 9.46. The van der Waals surface area contributed by atoms with Crippen LogP contribution in [0.4, 0.5) is 0 Å². The summed E-state index contributed by atoms with van der Waals surface area (Å²) < 4.78 is 0. The van der Waals surface area contributed by atoms with Gasteiger partial charge in [0.25, 0.3) is 0 Å². The van der Waals surface area contributed by atoms with Gasteiger partial charge < -0.3 is 10.4 Å². The van der Waals surface area contributed by atoms with E-state index in [1.165, 1.54) is 11.1 Å². The third-order valence-electron chi connectivity index (χ3n) is 6.22. The monoisotopic (exact) mass is 350 g/mol. The highest BCUT2D eigenvalue weighted by Gasteiger charge is 2.52. The molecule has 0 aliphatic carbocycles. The molecule has 4 heteroatoms. The van der Waals surface area contributed by atoms with Crippen molar-refractivity contribution in [2.45, 2.75) is 31.0 Å². The molecule has 3 heterocycles. The van der Waals surface area contributed by atoms with E-state index in [1.807, 2.05) is 43.4 Å². The molecule has 5 atom stereocenters. The topological polar surface area (TPSA) is 52.6 Å². The molecular formula is C22H26N2O2. The van der Waals surface area contributed by atoms with Crippen molar-refractivity contribution in [3.8, 4) is 0 Å². The fourth-order valence-electron chi connectivity index (χ4n) is 5.12. The van der Waals surface area contributed by atoms with E-state index in [2.05, 4.69) is 34.5 Å². The molecule has 0 radical (unpaired) electrons. The summed E-state index contributed by atoms with van der Waals surface area (Å²) in [7, 11) is 1.98. The lowest BCUT2D eigenvalue weighted by Gasteiger charge is -2.56. The maximum Gasteiger partial charge on any atom is 0.308 e. The van der Waals surface area contributed by atoms with Crippen molar-refractivity contribution in [3.05, 3.63) is 71.8 Å². The number of rotatable bonds is 5. The minimum absolute atomic E-state index is 0.0396. The second-order valence-electron chi connectivity index (χ2n) is 7.48. The average molecular weight is 350 g/mol. The molecular weight excluding hydrogens is 324 g/mol. The molecule has 3 aliphatic rings. The zero-order valence-corrected chi connectivity index (χ0v) is 15.1. The molecule has 2 bridgehead atoms. The van der Waals surface area contributed by atoms with Gasteiger partial charge in [0, 0.05) is 18.5 Å². The van der Waals surface area contributed by atoms with Crippen LogP contribution < -0.4 is 5.32 Å². The normalized spacial score (nSPS) is 30.5. The van der Waals surface area contributed by atoms with Gasteiger partial charge in [-0.1, -0.05) is 60.7 Å². The van der Waals surface area contributed by atoms with Crippen LogP contribution in [0.3, 0.4) is 0 Å². The van der Waals surface area contributed by atoms with Crippen LogP contribution in [-0.2, 0) is 4.79 Å². The number of aliphatic carboxylic acids is 1. The number of nitrogens with zero attached hydrogens (tertiary/aromatic N) is 1. The molecule has 2 aromatic rings. The van der Waals surface area contributed by atoms with E-state index in [1.54, 1.807) is 0 Å². The number of nitrogens with one attached hydrogen (secondary N) is 1. The SMILES string of the molecule is CNC1CC2CCN1C(C(c1ccccc1)c1ccccc1)C2C(=O)O. The van der Waals surface area contributed by atoms with Crippen molar-refractivity contribution in [2.24, 2.45) is 11.8 Å². The summed E-state index contributed by atoms with van der Waals surface area (Å²) in [5, 5.41) is 13.5. The molecule has 3 saturated heterocycles. The van der Waals surface area contributed by atoms with Crippen molar-refractivity contribution < 1.29 is 9.90 Å². The smallest absolute Gasteiger partial charge is 0.308 e. The Balaban J connectivity index is 1.84. The minimum Gasteiger partial charge on any atom is -0.481 e. The molecule has 3 fully saturated rings. The Morgan fingerprint density at radius 1 is 1.08 bits per heavy atom. The number of benzene rings is 2. The summed E-state index contributed by atoms with van der Waals surface area (Å²) in [4.78, 5) is 14.7. The number of carboxylic acids is 1. The van der Waals surface area contributed by atoms with Crippen LogP contribution >= 0.6 is 0 Å². The van der Waals surface area contributed by atoms with Gasteiger partial charge in [0.05, 0.1) is 12.1 Å². The first kappa shape index (κ1) is 17.3. The third kappa shape index (κ3) is 2.93. The average Bonchev–Trinajstić information content (AvgIpc) is 2.69. The molecule has 4 nitrogen and oxygen atoms in total. The molecule has 26 heavy (non-hydrogen) atoms. The quantitative estimate of drug-likeness (QED) is 0.870. The molecule has 2 aromatic carbocycles. The lowest BCUT2D eigenvalue weighted by atomic mass is 9.66. The van der Waals surface area contributed by atoms with Crippen LogP contribution in [0, 0.1) is 11.8 Å². The van der Waals surface area contributed by atoms with Crippen LogP contribution in [0.15, 0.2) is 60.7 Å². The van der Waals surface area contributed by atoms with E-state index >= 15 is 0 Å². The number of carbonyl (C=O) groups is 1. The summed E-state index contributed by atoms with van der Waals surface area (Å²) in [5.74, 6) is -0.706. The summed E-state index contributed by atoms with van der Waals surface area (Å²) in [6.45, 7) is 0.959. The number of carboxylic acid groups (broad SMARTS) is 1. The lowest BCUT2D eigenvalue weighted by molar-refractivity contribution is -0.158. The molecule has 0 spiro atoms. The maximum atomic E-state index is 12.3. The summed E-state index contributed by atoms with van der Waals surface area (Å²) in [5.41, 5.74) is 2.38. The summed E-state index contributed by atoms with van der Waals surface area (Å²) in [6, 6.07) is 20.7. The predicted molar refractivity (Wildman–Crippen MR) is 102 cm³/mol. The number of hydrogen-bond acceptors (Lipinski definition) is 3. The Morgan fingerprint density at radius 2 is 1.65 bits per heavy atom. The Hall–Kier alpha value is -2.17. The highest BCUT2D eigenvalue weighted by atomic mass is 16.4. The van der Waals surface area contributed by atoms with Crippen molar-refractivity contribution in [3.63, 3.8) is 0 Å². The van der Waals surface area contributed by atoms with E-state index in [9.17, 15) is 9.90 Å². The molecule has 136 valence electrons. The summed E-state index contributed by atoms with van der Waals surface area (Å²) >= 11 is 0. The second kappa shape index (κ2) is 7.22. The third-order valence-corrected chi connectivity index (χ3v) is 6.22. The van der Waals surface area contributed by atoms with Gasteiger partial charge in [0.1, 0.15) is 0 Å². The van der Waals surface area contributed by atoms with Gasteiger partial charge >= 0.3 is 5.97 Å². The molecule has 5 unspecified atom stereocenters. The van der Waals surface area contributed by atoms with Crippen LogP contribution in [0.1, 0.15) is 29.9 Å². The van der Waals surface area contributed by atoms with E-state index in [4.69, 9.17) is 0 Å². The molecule has 0 saturated carbocycles. The van der Waals surface area contributed by atoms with Gasteiger partial charge in [-0.2, -0.15) is 0 Å². The first-order chi connectivity index (χ1) is 12.7. The first-order valence-corrected chi connectivity index (χ1v) is 9.46. The van der Waals surface area contributed by atoms with Crippen LogP contribution in [-0.4, -0.2) is 41.8 Å². The second-order valence-corrected chi connectivity index (χ2v) is 7.48. The predicted octanol–water partition coefficient (Wildman–Crippen LogP) is 3.16. The van der Waals surface area contributed by atoms with E-state index in [-0.39, 0.29) is 30.0 Å². The standard InChI is InChI=1S/C22H26N2O2/c1-23-18-14-17-12-13-24(18)21(20(17)22(25)26)19(15-8-4-2-5-9-15)16-10-6-3-7-11-16/h2-11,17-21,23H,12-14H2,1H3,(H,25,26). The van der Waals surface area contributed by atoms with Crippen molar-refractivity contribution in [1.29, 1.82) is 0 Å². The number of piperidine rings is 3. The van der Waals surface area contributed by atoms with Gasteiger partial charge in [-0.3, -0.25) is 9.69 Å². The van der Waals surface area contributed by atoms with Crippen molar-refractivity contribution in [2.75, 3.05) is 13.6 Å². The molecule has 0 amide bonds. The fraction of sp³-hybridized carbons (Fsp3) is 0.409. The van der Waals surface area contributed by atoms with Crippen molar-refractivity contribution in [1.82, 2.24) is 10.2 Å². The zero-order chi connectivity index (χ0) is 18.1. The lowest BCUT2D eigenvalue weighted by Crippen LogP contribution is -2.66. The van der Waals surface area contributed by atoms with Crippen LogP contribution in [0.25, 0.3) is 0 Å². The minimum atomic E-state index is -0.656. The largest absolute Gasteiger partial charge is 0.481 e. The molecule has 2 N–H and O–H groups in total. The van der Waals surface area contributed by atoms with E-state index in [0.29, 0.717) is 0 Å². The van der Waals surface area contributed by atoms with Gasteiger partial charge in [-0.05, 0) is 36.9 Å². The van der Waals surface area contributed by atoms with Gasteiger partial charge in [-0.15, -0.1) is 0 Å². The zero-order valence-electron chi connectivity index (χ0n) is 15.1. The van der Waals surface area contributed by atoms with E-state index in [0.717, 1.165) is 19.4 Å². The van der Waals surface area contributed by atoms with Gasteiger partial charge in [0.15, 0.2) is 0 Å². The fourth-order valence-corrected chi connectivity index (χ4v) is 5.12. The molecule has 3 aliphatic heterocycles. The number of fused-ring (bicyclic) bond motifs is 3. The Bertz CT molecular complexity index is 710. The van der Waals surface area contributed by atoms with Gasteiger partial charge in [-0.25, -0.2) is 0 Å². The Morgan fingerprint density at radius 3 is 2.15 bits per heavy atom. The molecule has 0 aromatic heterocycles. The Labute approximate surface area is 154 Å². The Kier molecular flexibility index (Phi) is 4.79. The highest BCUT2D eigenvalue weighted by Crippen LogP contribution is 2.47. The maximum absolute atomic E-state index is 12.3. The molecule has 5 rings (SSSR count). The number of hydrogen-bond donors (Lipinski definition) is 2. The van der Waals surface area contributed by atoms with Crippen molar-refractivity contribution >= 4 is 5.97 Å².